The van der Waals surface area contributed by atoms with E-state index in [2.05, 4.69) is 9.71 Å². The number of sulfonamides is 1. The molecule has 2 N–H and O–H groups in total. The van der Waals surface area contributed by atoms with Crippen molar-refractivity contribution in [2.45, 2.75) is 11.4 Å². The molecule has 0 atom stereocenters. The molecule has 0 aliphatic heterocycles. The summed E-state index contributed by atoms with van der Waals surface area (Å²) in [4.78, 5) is 12.0. The molecule has 1 aromatic heterocycles. The summed E-state index contributed by atoms with van der Waals surface area (Å²) in [5.41, 5.74) is -0.181. The molecule has 9 heteroatoms. The van der Waals surface area contributed by atoms with E-state index < -0.39 is 26.5 Å². The highest BCUT2D eigenvalue weighted by Crippen LogP contribution is 2.21. The molecule has 7 nitrogen and oxygen atoms in total. The quantitative estimate of drug-likeness (QED) is 0.645. The molecule has 106 valence electrons. The minimum Gasteiger partial charge on any atom is -0.367 e. The molecule has 0 saturated carbocycles. The van der Waals surface area contributed by atoms with E-state index in [1.54, 1.807) is 18.5 Å². The second kappa shape index (κ2) is 5.39. The SMILES string of the molecule is O=[N+]([O-])c1cc(S(=O)(=O)NCc2cc[nH]c2)ccc1F. The molecule has 0 aliphatic carbocycles. The minimum atomic E-state index is -3.94. The molecule has 1 aromatic carbocycles. The third-order valence-corrected chi connectivity index (χ3v) is 3.95. The molecular formula is C11H10FN3O4S. The van der Waals surface area contributed by atoms with Gasteiger partial charge in [-0.25, -0.2) is 13.1 Å². The van der Waals surface area contributed by atoms with Crippen LogP contribution in [-0.2, 0) is 16.6 Å². The van der Waals surface area contributed by atoms with E-state index in [1.165, 1.54) is 0 Å². The molecule has 1 heterocycles. The number of nitro groups is 1. The zero-order chi connectivity index (χ0) is 14.8. The van der Waals surface area contributed by atoms with E-state index in [4.69, 9.17) is 0 Å². The molecule has 0 fully saturated rings. The van der Waals surface area contributed by atoms with Gasteiger partial charge in [0.1, 0.15) is 0 Å². The topological polar surface area (TPSA) is 105 Å². The van der Waals surface area contributed by atoms with Gasteiger partial charge in [0, 0.05) is 25.0 Å². The van der Waals surface area contributed by atoms with Crippen LogP contribution in [0.15, 0.2) is 41.6 Å². The molecule has 0 saturated heterocycles. The van der Waals surface area contributed by atoms with Gasteiger partial charge in [0.05, 0.1) is 9.82 Å². The normalized spacial score (nSPS) is 11.4. The number of halogens is 1. The average molecular weight is 299 g/mol. The molecule has 0 amide bonds. The summed E-state index contributed by atoms with van der Waals surface area (Å²) in [6.45, 7) is 0.0248. The van der Waals surface area contributed by atoms with Gasteiger partial charge >= 0.3 is 5.69 Å². The average Bonchev–Trinajstić information content (AvgIpc) is 2.89. The van der Waals surface area contributed by atoms with E-state index in [0.29, 0.717) is 11.6 Å². The van der Waals surface area contributed by atoms with Gasteiger partial charge in [-0.1, -0.05) is 0 Å². The van der Waals surface area contributed by atoms with Gasteiger partial charge in [0.2, 0.25) is 15.8 Å². The van der Waals surface area contributed by atoms with Crippen molar-refractivity contribution in [1.82, 2.24) is 9.71 Å². The molecule has 20 heavy (non-hydrogen) atoms. The number of nitrogens with one attached hydrogen (secondary N) is 2. The third-order valence-electron chi connectivity index (χ3n) is 2.55. The highest BCUT2D eigenvalue weighted by Gasteiger charge is 2.21. The zero-order valence-corrected chi connectivity index (χ0v) is 10.9. The lowest BCUT2D eigenvalue weighted by molar-refractivity contribution is -0.387. The van der Waals surface area contributed by atoms with Gasteiger partial charge in [-0.15, -0.1) is 0 Å². The maximum atomic E-state index is 13.2. The van der Waals surface area contributed by atoms with Crippen molar-refractivity contribution in [2.75, 3.05) is 0 Å². The first-order valence-corrected chi connectivity index (χ1v) is 6.94. The first-order valence-electron chi connectivity index (χ1n) is 5.45. The summed E-state index contributed by atoms with van der Waals surface area (Å²) in [6.07, 6.45) is 3.24. The number of aromatic amines is 1. The molecule has 0 bridgehead atoms. The maximum Gasteiger partial charge on any atom is 0.306 e. The Morgan fingerprint density at radius 1 is 1.35 bits per heavy atom. The predicted molar refractivity (Wildman–Crippen MR) is 67.9 cm³/mol. The molecular weight excluding hydrogens is 289 g/mol. The van der Waals surface area contributed by atoms with Crippen molar-refractivity contribution in [1.29, 1.82) is 0 Å². The molecule has 0 aliphatic rings. The first-order chi connectivity index (χ1) is 9.40. The Bertz CT molecular complexity index is 728. The number of rotatable bonds is 5. The van der Waals surface area contributed by atoms with E-state index in [9.17, 15) is 22.9 Å². The Morgan fingerprint density at radius 3 is 2.70 bits per heavy atom. The van der Waals surface area contributed by atoms with Gasteiger partial charge in [0.15, 0.2) is 0 Å². The minimum absolute atomic E-state index is 0.0248. The van der Waals surface area contributed by atoms with E-state index in [-0.39, 0.29) is 11.4 Å². The lowest BCUT2D eigenvalue weighted by atomic mass is 10.3. The van der Waals surface area contributed by atoms with Crippen molar-refractivity contribution >= 4 is 15.7 Å². The van der Waals surface area contributed by atoms with Crippen molar-refractivity contribution in [2.24, 2.45) is 0 Å². The summed E-state index contributed by atoms with van der Waals surface area (Å²) in [5, 5.41) is 10.6. The predicted octanol–water partition coefficient (Wildman–Crippen LogP) is 1.54. The summed E-state index contributed by atoms with van der Waals surface area (Å²) < 4.78 is 39.3. The zero-order valence-electron chi connectivity index (χ0n) is 10.0. The van der Waals surface area contributed by atoms with E-state index in [0.717, 1.165) is 12.1 Å². The van der Waals surface area contributed by atoms with Crippen molar-refractivity contribution in [3.05, 3.63) is 58.2 Å². The Labute approximate surface area is 113 Å². The fraction of sp³-hybridized carbons (Fsp3) is 0.0909. The maximum absolute atomic E-state index is 13.2. The summed E-state index contributed by atoms with van der Waals surface area (Å²) >= 11 is 0. The van der Waals surface area contributed by atoms with Crippen LogP contribution in [0.5, 0.6) is 0 Å². The second-order valence-corrected chi connectivity index (χ2v) is 5.68. The van der Waals surface area contributed by atoms with Gasteiger partial charge < -0.3 is 4.98 Å². The number of hydrogen-bond acceptors (Lipinski definition) is 4. The Kier molecular flexibility index (Phi) is 3.81. The van der Waals surface area contributed by atoms with Gasteiger partial charge in [0.25, 0.3) is 0 Å². The standard InChI is InChI=1S/C11H10FN3O4S/c12-10-2-1-9(5-11(10)15(16)17)20(18,19)14-7-8-3-4-13-6-8/h1-6,13-14H,7H2. The lowest BCUT2D eigenvalue weighted by Crippen LogP contribution is -2.23. The van der Waals surface area contributed by atoms with Crippen molar-refractivity contribution < 1.29 is 17.7 Å². The van der Waals surface area contributed by atoms with Crippen LogP contribution in [0.2, 0.25) is 0 Å². The number of H-pyrrole nitrogens is 1. The van der Waals surface area contributed by atoms with Crippen molar-refractivity contribution in [3.8, 4) is 0 Å². The van der Waals surface area contributed by atoms with Crippen LogP contribution in [-0.4, -0.2) is 18.3 Å². The smallest absolute Gasteiger partial charge is 0.306 e. The molecule has 0 radical (unpaired) electrons. The monoisotopic (exact) mass is 299 g/mol. The van der Waals surface area contributed by atoms with E-state index >= 15 is 0 Å². The van der Waals surface area contributed by atoms with Crippen molar-refractivity contribution in [3.63, 3.8) is 0 Å². The Hall–Kier alpha value is -2.26. The molecule has 0 spiro atoms. The van der Waals surface area contributed by atoms with Crippen LogP contribution in [0.1, 0.15) is 5.56 Å². The highest BCUT2D eigenvalue weighted by molar-refractivity contribution is 7.89. The lowest BCUT2D eigenvalue weighted by Gasteiger charge is -2.05. The van der Waals surface area contributed by atoms with Gasteiger partial charge in [-0.2, -0.15) is 4.39 Å². The molecule has 2 rings (SSSR count). The largest absolute Gasteiger partial charge is 0.367 e. The third kappa shape index (κ3) is 3.00. The summed E-state index contributed by atoms with van der Waals surface area (Å²) in [6, 6.07) is 4.09. The van der Waals surface area contributed by atoms with Crippen LogP contribution in [0.3, 0.4) is 0 Å². The second-order valence-electron chi connectivity index (χ2n) is 3.91. The van der Waals surface area contributed by atoms with Crippen LogP contribution < -0.4 is 4.72 Å². The number of aromatic nitrogens is 1. The number of nitro benzene ring substituents is 1. The van der Waals surface area contributed by atoms with Crippen LogP contribution in [0.25, 0.3) is 0 Å². The Morgan fingerprint density at radius 2 is 2.10 bits per heavy atom. The van der Waals surface area contributed by atoms with Crippen LogP contribution in [0, 0.1) is 15.9 Å². The summed E-state index contributed by atoms with van der Waals surface area (Å²) in [5.74, 6) is -1.08. The fourth-order valence-corrected chi connectivity index (χ4v) is 2.57. The van der Waals surface area contributed by atoms with Gasteiger partial charge in [-0.05, 0) is 23.8 Å². The Balaban J connectivity index is 2.25. The van der Waals surface area contributed by atoms with Crippen LogP contribution in [0.4, 0.5) is 10.1 Å². The molecule has 0 unspecified atom stereocenters. The fourth-order valence-electron chi connectivity index (χ4n) is 1.53. The van der Waals surface area contributed by atoms with E-state index in [1.807, 2.05) is 0 Å². The van der Waals surface area contributed by atoms with Gasteiger partial charge in [-0.3, -0.25) is 10.1 Å². The highest BCUT2D eigenvalue weighted by atomic mass is 32.2. The first kappa shape index (κ1) is 14.2. The molecule has 2 aromatic rings. The number of nitrogens with zero attached hydrogens (tertiary/aromatic N) is 1. The van der Waals surface area contributed by atoms with Crippen LogP contribution >= 0.6 is 0 Å². The number of benzene rings is 1. The number of hydrogen-bond donors (Lipinski definition) is 2. The summed E-state index contributed by atoms with van der Waals surface area (Å²) in [7, 11) is -3.94.